The summed E-state index contributed by atoms with van der Waals surface area (Å²) in [6.07, 6.45) is 1.68. The van der Waals surface area contributed by atoms with Crippen molar-refractivity contribution in [1.29, 1.82) is 0 Å². The highest BCUT2D eigenvalue weighted by molar-refractivity contribution is 5.96. The van der Waals surface area contributed by atoms with Gasteiger partial charge in [-0.05, 0) is 39.8 Å². The van der Waals surface area contributed by atoms with Gasteiger partial charge in [-0.15, -0.1) is 0 Å². The first-order valence-electron chi connectivity index (χ1n) is 7.29. The van der Waals surface area contributed by atoms with Crippen LogP contribution < -0.4 is 10.3 Å². The minimum Gasteiger partial charge on any atom is -0.461 e. The summed E-state index contributed by atoms with van der Waals surface area (Å²) in [6.45, 7) is 7.42. The van der Waals surface area contributed by atoms with Crippen molar-refractivity contribution in [2.75, 3.05) is 11.9 Å². The first-order chi connectivity index (χ1) is 10.8. The molecule has 2 aromatic rings. The molecule has 0 radical (unpaired) electrons. The molecule has 7 nitrogen and oxygen atoms in total. The van der Waals surface area contributed by atoms with Crippen LogP contribution in [-0.4, -0.2) is 23.6 Å². The standard InChI is InChI=1S/C16H19N3O4/c1-5-22-14(20)11-9-12(23-19-11)10-7-6-8-17-13(10)18-15(21)16(2,3)4/h6-9H,5H2,1-4H3,(H,17,18,21)/p+1. The number of esters is 1. The molecular weight excluding hydrogens is 298 g/mol. The number of ether oxygens (including phenoxy) is 1. The van der Waals surface area contributed by atoms with E-state index in [9.17, 15) is 9.59 Å². The van der Waals surface area contributed by atoms with Crippen LogP contribution in [0.5, 0.6) is 0 Å². The van der Waals surface area contributed by atoms with E-state index in [1.54, 1.807) is 25.3 Å². The number of aromatic nitrogens is 2. The van der Waals surface area contributed by atoms with Crippen LogP contribution in [0.3, 0.4) is 0 Å². The Bertz CT molecular complexity index is 716. The summed E-state index contributed by atoms with van der Waals surface area (Å²) in [4.78, 5) is 26.8. The highest BCUT2D eigenvalue weighted by Crippen LogP contribution is 2.26. The summed E-state index contributed by atoms with van der Waals surface area (Å²) < 4.78 is 10.1. The predicted molar refractivity (Wildman–Crippen MR) is 82.5 cm³/mol. The molecule has 0 aliphatic carbocycles. The number of H-pyrrole nitrogens is 1. The highest BCUT2D eigenvalue weighted by Gasteiger charge is 2.28. The molecule has 0 spiro atoms. The molecule has 2 rings (SSSR count). The zero-order valence-electron chi connectivity index (χ0n) is 13.6. The molecule has 0 bridgehead atoms. The second-order valence-corrected chi connectivity index (χ2v) is 5.96. The van der Waals surface area contributed by atoms with Gasteiger partial charge in [0.15, 0.2) is 11.5 Å². The third-order valence-corrected chi connectivity index (χ3v) is 3.04. The number of nitrogens with zero attached hydrogens (tertiary/aromatic N) is 1. The van der Waals surface area contributed by atoms with Crippen LogP contribution in [0.15, 0.2) is 28.9 Å². The van der Waals surface area contributed by atoms with Crippen molar-refractivity contribution in [3.63, 3.8) is 0 Å². The molecule has 0 atom stereocenters. The summed E-state index contributed by atoms with van der Waals surface area (Å²) in [5.74, 6) is 0.127. The van der Waals surface area contributed by atoms with E-state index < -0.39 is 11.4 Å². The zero-order valence-corrected chi connectivity index (χ0v) is 13.6. The monoisotopic (exact) mass is 318 g/mol. The van der Waals surface area contributed by atoms with Crippen LogP contribution in [0.4, 0.5) is 5.82 Å². The lowest BCUT2D eigenvalue weighted by Gasteiger charge is -2.13. The second kappa shape index (κ2) is 6.60. The molecule has 0 aliphatic heterocycles. The van der Waals surface area contributed by atoms with Crippen LogP contribution >= 0.6 is 0 Å². The van der Waals surface area contributed by atoms with Gasteiger partial charge in [0.05, 0.1) is 18.2 Å². The smallest absolute Gasteiger partial charge is 0.360 e. The first kappa shape index (κ1) is 16.7. The van der Waals surface area contributed by atoms with Gasteiger partial charge in [-0.2, -0.15) is 0 Å². The van der Waals surface area contributed by atoms with Gasteiger partial charge in [0.25, 0.3) is 5.82 Å². The van der Waals surface area contributed by atoms with Crippen LogP contribution in [0.1, 0.15) is 38.2 Å². The number of hydrogen-bond donors (Lipinski definition) is 1. The molecule has 0 saturated carbocycles. The fraction of sp³-hybridized carbons (Fsp3) is 0.375. The minimum atomic E-state index is -0.553. The van der Waals surface area contributed by atoms with Crippen molar-refractivity contribution in [3.8, 4) is 11.3 Å². The number of rotatable bonds is 4. The van der Waals surface area contributed by atoms with E-state index in [4.69, 9.17) is 9.26 Å². The zero-order chi connectivity index (χ0) is 17.0. The van der Waals surface area contributed by atoms with Crippen LogP contribution in [-0.2, 0) is 9.53 Å². The molecule has 23 heavy (non-hydrogen) atoms. The van der Waals surface area contributed by atoms with Crippen molar-refractivity contribution in [3.05, 3.63) is 30.1 Å². The Kier molecular flexibility index (Phi) is 4.78. The number of nitrogens with one attached hydrogen (secondary N) is 2. The Labute approximate surface area is 134 Å². The number of amides is 1. The largest absolute Gasteiger partial charge is 0.461 e. The van der Waals surface area contributed by atoms with E-state index in [0.29, 0.717) is 17.1 Å². The van der Waals surface area contributed by atoms with Crippen LogP contribution in [0.2, 0.25) is 0 Å². The predicted octanol–water partition coefficient (Wildman–Crippen LogP) is 2.32. The van der Waals surface area contributed by atoms with Gasteiger partial charge in [-0.3, -0.25) is 0 Å². The fourth-order valence-electron chi connectivity index (χ4n) is 1.75. The molecule has 122 valence electrons. The molecule has 1 amide bonds. The topological polar surface area (TPSA) is 95.6 Å². The van der Waals surface area contributed by atoms with Gasteiger partial charge >= 0.3 is 11.9 Å². The molecule has 0 aromatic carbocycles. The summed E-state index contributed by atoms with van der Waals surface area (Å²) in [5.41, 5.74) is 0.130. The number of anilines is 1. The van der Waals surface area contributed by atoms with Gasteiger partial charge in [0, 0.05) is 6.07 Å². The molecule has 0 saturated heterocycles. The summed E-state index contributed by atoms with van der Waals surface area (Å²) >= 11 is 0. The lowest BCUT2D eigenvalue weighted by Crippen LogP contribution is -2.30. The quantitative estimate of drug-likeness (QED) is 0.873. The van der Waals surface area contributed by atoms with Crippen molar-refractivity contribution in [1.82, 2.24) is 5.16 Å². The van der Waals surface area contributed by atoms with E-state index in [0.717, 1.165) is 0 Å². The lowest BCUT2D eigenvalue weighted by atomic mass is 9.95. The third kappa shape index (κ3) is 3.94. The summed E-state index contributed by atoms with van der Waals surface area (Å²) in [7, 11) is 0. The average Bonchev–Trinajstić information content (AvgIpc) is 2.97. The van der Waals surface area contributed by atoms with Crippen LogP contribution in [0, 0.1) is 5.41 Å². The van der Waals surface area contributed by atoms with E-state index in [1.807, 2.05) is 20.8 Å². The number of carbonyl (C=O) groups is 2. The normalized spacial score (nSPS) is 11.1. The van der Waals surface area contributed by atoms with Gasteiger partial charge < -0.3 is 9.26 Å². The molecular formula is C16H20N3O4+. The maximum absolute atomic E-state index is 12.2. The maximum atomic E-state index is 12.2. The Morgan fingerprint density at radius 1 is 1.39 bits per heavy atom. The van der Waals surface area contributed by atoms with Gasteiger partial charge in [0.1, 0.15) is 5.56 Å². The third-order valence-electron chi connectivity index (χ3n) is 3.04. The first-order valence-corrected chi connectivity index (χ1v) is 7.29. The number of pyridine rings is 1. The number of hydrogen-bond acceptors (Lipinski definition) is 5. The molecule has 0 unspecified atom stereocenters. The minimum absolute atomic E-state index is 0.0822. The van der Waals surface area contributed by atoms with E-state index in [-0.39, 0.29) is 18.2 Å². The van der Waals surface area contributed by atoms with Crippen molar-refractivity contribution in [2.24, 2.45) is 5.41 Å². The van der Waals surface area contributed by atoms with Gasteiger partial charge in [-0.1, -0.05) is 5.16 Å². The molecule has 2 heterocycles. The lowest BCUT2D eigenvalue weighted by molar-refractivity contribution is -0.360. The Morgan fingerprint density at radius 2 is 2.13 bits per heavy atom. The van der Waals surface area contributed by atoms with Gasteiger partial charge in [0.2, 0.25) is 0 Å². The Morgan fingerprint density at radius 3 is 2.78 bits per heavy atom. The summed E-state index contributed by atoms with van der Waals surface area (Å²) in [5, 5.41) is 6.52. The van der Waals surface area contributed by atoms with Crippen molar-refractivity contribution in [2.45, 2.75) is 27.7 Å². The molecule has 2 N–H and O–H groups in total. The second-order valence-electron chi connectivity index (χ2n) is 5.96. The number of aromatic amines is 1. The van der Waals surface area contributed by atoms with E-state index >= 15 is 0 Å². The SMILES string of the molecule is CCOC(=O)c1cc(-c2ccc[nH+]c2NC(=O)C(C)(C)C)on1. The van der Waals surface area contributed by atoms with E-state index in [1.165, 1.54) is 6.07 Å². The molecule has 0 fully saturated rings. The number of carbonyl (C=O) groups excluding carboxylic acids is 2. The van der Waals surface area contributed by atoms with Crippen LogP contribution in [0.25, 0.3) is 11.3 Å². The Hall–Kier alpha value is -2.70. The molecule has 0 aliphatic rings. The fourth-order valence-corrected chi connectivity index (χ4v) is 1.75. The van der Waals surface area contributed by atoms with Crippen molar-refractivity contribution >= 4 is 17.7 Å². The maximum Gasteiger partial charge on any atom is 0.360 e. The Balaban J connectivity index is 2.31. The summed E-state index contributed by atoms with van der Waals surface area (Å²) in [6, 6.07) is 4.99. The highest BCUT2D eigenvalue weighted by atomic mass is 16.5. The molecule has 7 heteroatoms. The van der Waals surface area contributed by atoms with E-state index in [2.05, 4.69) is 15.5 Å². The van der Waals surface area contributed by atoms with Gasteiger partial charge in [-0.25, -0.2) is 19.9 Å². The average molecular weight is 318 g/mol. The van der Waals surface area contributed by atoms with Crippen molar-refractivity contribution < 1.29 is 23.8 Å². The molecule has 2 aromatic heterocycles.